The molecule has 0 radical (unpaired) electrons. The van der Waals surface area contributed by atoms with Crippen molar-refractivity contribution in [2.75, 3.05) is 13.7 Å². The van der Waals surface area contributed by atoms with Gasteiger partial charge in [-0.05, 0) is 85.7 Å². The molecule has 2 aliphatic heterocycles. The summed E-state index contributed by atoms with van der Waals surface area (Å²) in [7, 11) is -7.08. The van der Waals surface area contributed by atoms with E-state index in [-0.39, 0.29) is 38.8 Å². The van der Waals surface area contributed by atoms with Crippen LogP contribution in [0.5, 0.6) is 11.5 Å². The van der Waals surface area contributed by atoms with Crippen LogP contribution in [0.2, 0.25) is 0 Å². The minimum Gasteiger partial charge on any atom is -0.497 e. The molecule has 248 valence electrons. The predicted molar refractivity (Wildman–Crippen MR) is 158 cm³/mol. The molecule has 3 aliphatic rings. The summed E-state index contributed by atoms with van der Waals surface area (Å²) in [6.45, 7) is 1.35. The summed E-state index contributed by atoms with van der Waals surface area (Å²) in [4.78, 5) is -0.481. The average molecular weight is 686 g/mol. The number of sulfonamides is 1. The molecular weight excluding hydrogens is 653 g/mol. The Kier molecular flexibility index (Phi) is 8.16. The number of nitrogens with zero attached hydrogens (tertiary/aromatic N) is 1. The normalized spacial score (nSPS) is 27.5. The highest BCUT2D eigenvalue weighted by Gasteiger charge is 2.65. The van der Waals surface area contributed by atoms with Gasteiger partial charge >= 0.3 is 6.18 Å². The summed E-state index contributed by atoms with van der Waals surface area (Å²) in [6, 6.07) is 10.8. The van der Waals surface area contributed by atoms with Crippen LogP contribution in [0.15, 0.2) is 65.6 Å². The Balaban J connectivity index is 1.51. The molecule has 2 fully saturated rings. The van der Waals surface area contributed by atoms with Crippen LogP contribution in [0.4, 0.5) is 22.0 Å². The van der Waals surface area contributed by atoms with E-state index in [0.717, 1.165) is 24.3 Å². The maximum absolute atomic E-state index is 15.9. The molecule has 14 heteroatoms. The molecule has 5 atom stereocenters. The summed E-state index contributed by atoms with van der Waals surface area (Å²) in [6.07, 6.45) is -4.80. The quantitative estimate of drug-likeness (QED) is 0.277. The van der Waals surface area contributed by atoms with Gasteiger partial charge in [0.15, 0.2) is 21.4 Å². The maximum atomic E-state index is 15.9. The molecule has 2 heterocycles. The molecule has 6 rings (SSSR count). The van der Waals surface area contributed by atoms with E-state index in [4.69, 9.17) is 9.47 Å². The first kappa shape index (κ1) is 32.7. The van der Waals surface area contributed by atoms with Crippen molar-refractivity contribution in [3.63, 3.8) is 0 Å². The van der Waals surface area contributed by atoms with Crippen molar-refractivity contribution in [3.05, 3.63) is 89.0 Å². The van der Waals surface area contributed by atoms with Crippen molar-refractivity contribution < 1.29 is 48.3 Å². The Hall–Kier alpha value is -3.23. The predicted octanol–water partition coefficient (Wildman–Crippen LogP) is 6.46. The number of ether oxygens (including phenoxy) is 2. The summed E-state index contributed by atoms with van der Waals surface area (Å²) in [5.74, 6) is -3.70. The molecule has 0 amide bonds. The van der Waals surface area contributed by atoms with Gasteiger partial charge in [-0.15, -0.1) is 0 Å². The molecule has 1 aliphatic carbocycles. The second-order valence-corrected chi connectivity index (χ2v) is 16.4. The summed E-state index contributed by atoms with van der Waals surface area (Å²) < 4.78 is 139. The van der Waals surface area contributed by atoms with Crippen LogP contribution in [0, 0.1) is 23.5 Å². The lowest BCUT2D eigenvalue weighted by molar-refractivity contribution is -0.137. The zero-order valence-corrected chi connectivity index (χ0v) is 26.6. The number of halogens is 5. The van der Waals surface area contributed by atoms with Crippen molar-refractivity contribution in [2.24, 2.45) is 11.8 Å². The van der Waals surface area contributed by atoms with Crippen molar-refractivity contribution in [1.29, 1.82) is 0 Å². The van der Waals surface area contributed by atoms with Crippen molar-refractivity contribution in [2.45, 2.75) is 66.3 Å². The molecule has 1 saturated carbocycles. The van der Waals surface area contributed by atoms with Gasteiger partial charge in [0.1, 0.15) is 16.3 Å². The van der Waals surface area contributed by atoms with Gasteiger partial charge in [-0.3, -0.25) is 0 Å². The SMILES string of the molecule is CC[C@@H]1CC2[C@@H](CC[C@@]3(S(=O)(=O)c4ccc(C(F)(F)F)cc4)c4c(F)ccc(F)c4OC[C@@H]23)N(Cc2ccc(OC)cc2)S1(=O)=O. The van der Waals surface area contributed by atoms with E-state index in [1.54, 1.807) is 31.2 Å². The highest BCUT2D eigenvalue weighted by atomic mass is 32.2. The van der Waals surface area contributed by atoms with Crippen molar-refractivity contribution in [3.8, 4) is 11.5 Å². The maximum Gasteiger partial charge on any atom is 0.416 e. The lowest BCUT2D eigenvalue weighted by atomic mass is 9.64. The van der Waals surface area contributed by atoms with E-state index in [2.05, 4.69) is 0 Å². The van der Waals surface area contributed by atoms with Crippen molar-refractivity contribution in [1.82, 2.24) is 4.31 Å². The number of fused-ring (bicyclic) bond motifs is 5. The third-order valence-electron chi connectivity index (χ3n) is 9.89. The molecule has 46 heavy (non-hydrogen) atoms. The summed E-state index contributed by atoms with van der Waals surface area (Å²) >= 11 is 0. The van der Waals surface area contributed by atoms with E-state index in [9.17, 15) is 30.0 Å². The van der Waals surface area contributed by atoms with Gasteiger partial charge in [-0.25, -0.2) is 25.6 Å². The summed E-state index contributed by atoms with van der Waals surface area (Å²) in [5.41, 5.74) is -0.899. The monoisotopic (exact) mass is 685 g/mol. The Morgan fingerprint density at radius 3 is 2.26 bits per heavy atom. The number of rotatable bonds is 6. The standard InChI is InChI=1S/C32H32F5NO6S2/c1-3-22-16-24-25-18-44-30-27(34)13-12-26(33)29(30)31(25,45(39,40)23-10-6-20(7-11-23)32(35,36)37)15-14-28(24)38(46(22,41)42)17-19-4-8-21(43-2)9-5-19/h4-13,22,24-25,28H,3,14-18H2,1-2H3/t22-,24?,25+,28-,31+/m1/s1. The van der Waals surface area contributed by atoms with Crippen LogP contribution in [0.3, 0.4) is 0 Å². The molecule has 0 aromatic heterocycles. The highest BCUT2D eigenvalue weighted by Crippen LogP contribution is 2.61. The first-order chi connectivity index (χ1) is 21.7. The van der Waals surface area contributed by atoms with Gasteiger partial charge in [0.05, 0.1) is 35.0 Å². The molecular formula is C32H32F5NO6S2. The lowest BCUT2D eigenvalue weighted by Gasteiger charge is -2.57. The fourth-order valence-corrected chi connectivity index (χ4v) is 12.3. The van der Waals surface area contributed by atoms with Crippen LogP contribution in [-0.2, 0) is 37.3 Å². The molecule has 7 nitrogen and oxygen atoms in total. The van der Waals surface area contributed by atoms with E-state index < -0.39 is 87.3 Å². The third-order valence-corrected chi connectivity index (χ3v) is 14.9. The number of hydrogen-bond donors (Lipinski definition) is 0. The molecule has 0 N–H and O–H groups in total. The topological polar surface area (TPSA) is 90.0 Å². The number of hydrogen-bond acceptors (Lipinski definition) is 6. The van der Waals surface area contributed by atoms with Crippen LogP contribution in [0.25, 0.3) is 0 Å². The van der Waals surface area contributed by atoms with Crippen LogP contribution >= 0.6 is 0 Å². The van der Waals surface area contributed by atoms with Crippen LogP contribution in [0.1, 0.15) is 49.3 Å². The average Bonchev–Trinajstić information content (AvgIpc) is 3.03. The second kappa shape index (κ2) is 11.5. The van der Waals surface area contributed by atoms with Gasteiger partial charge < -0.3 is 9.47 Å². The third kappa shape index (κ3) is 4.98. The fourth-order valence-electron chi connectivity index (χ4n) is 7.67. The molecule has 3 aromatic rings. The van der Waals surface area contributed by atoms with E-state index in [1.165, 1.54) is 11.4 Å². The van der Waals surface area contributed by atoms with E-state index in [0.29, 0.717) is 23.4 Å². The second-order valence-electron chi connectivity index (χ2n) is 12.0. The number of alkyl halides is 3. The minimum absolute atomic E-state index is 0.00416. The Labute approximate surface area is 264 Å². The fraction of sp³-hybridized carbons (Fsp3) is 0.438. The van der Waals surface area contributed by atoms with Gasteiger partial charge in [-0.1, -0.05) is 19.1 Å². The summed E-state index contributed by atoms with van der Waals surface area (Å²) in [5, 5.41) is -0.893. The molecule has 1 unspecified atom stereocenters. The van der Waals surface area contributed by atoms with Gasteiger partial charge in [-0.2, -0.15) is 17.5 Å². The number of sulfone groups is 1. The first-order valence-electron chi connectivity index (χ1n) is 14.8. The zero-order valence-electron chi connectivity index (χ0n) is 24.9. The number of benzene rings is 3. The Bertz CT molecular complexity index is 1850. The molecule has 3 aromatic carbocycles. The smallest absolute Gasteiger partial charge is 0.416 e. The molecule has 0 spiro atoms. The van der Waals surface area contributed by atoms with Crippen LogP contribution in [-0.4, -0.2) is 46.1 Å². The Morgan fingerprint density at radius 1 is 1.00 bits per heavy atom. The van der Waals surface area contributed by atoms with E-state index in [1.807, 2.05) is 0 Å². The largest absolute Gasteiger partial charge is 0.497 e. The van der Waals surface area contributed by atoms with Gasteiger partial charge in [0.2, 0.25) is 10.0 Å². The zero-order chi connectivity index (χ0) is 33.2. The van der Waals surface area contributed by atoms with Gasteiger partial charge in [0, 0.05) is 18.5 Å². The minimum atomic E-state index is -4.72. The Morgan fingerprint density at radius 2 is 1.65 bits per heavy atom. The molecule has 0 bridgehead atoms. The van der Waals surface area contributed by atoms with E-state index >= 15 is 8.78 Å². The number of methoxy groups -OCH3 is 1. The lowest BCUT2D eigenvalue weighted by Crippen LogP contribution is -2.64. The van der Waals surface area contributed by atoms with Crippen molar-refractivity contribution >= 4 is 19.9 Å². The van der Waals surface area contributed by atoms with Crippen LogP contribution < -0.4 is 9.47 Å². The highest BCUT2D eigenvalue weighted by molar-refractivity contribution is 7.92. The molecule has 1 saturated heterocycles. The van der Waals surface area contributed by atoms with Gasteiger partial charge in [0.25, 0.3) is 0 Å². The first-order valence-corrected chi connectivity index (χ1v) is 17.8.